The minimum Gasteiger partial charge on any atom is -0.370 e. The van der Waals surface area contributed by atoms with Crippen LogP contribution < -0.4 is 16.4 Å². The molecule has 4 rings (SSSR count). The van der Waals surface area contributed by atoms with Crippen molar-refractivity contribution in [2.75, 3.05) is 5.32 Å². The first-order valence-electron chi connectivity index (χ1n) is 9.04. The summed E-state index contributed by atoms with van der Waals surface area (Å²) in [6.45, 7) is 5.27. The molecule has 4 N–H and O–H groups in total. The number of hydrogen-bond donors (Lipinski definition) is 3. The van der Waals surface area contributed by atoms with Crippen LogP contribution in [0.3, 0.4) is 0 Å². The first-order chi connectivity index (χ1) is 13.0. The van der Waals surface area contributed by atoms with Crippen LogP contribution in [0.2, 0.25) is 5.02 Å². The van der Waals surface area contributed by atoms with E-state index in [1.165, 1.54) is 4.90 Å². The third-order valence-corrected chi connectivity index (χ3v) is 6.00. The van der Waals surface area contributed by atoms with E-state index in [0.29, 0.717) is 16.3 Å². The maximum absolute atomic E-state index is 13.4. The first kappa shape index (κ1) is 18.9. The summed E-state index contributed by atoms with van der Waals surface area (Å²) in [5, 5.41) is 6.30. The average Bonchev–Trinajstić information content (AvgIpc) is 3.12. The van der Waals surface area contributed by atoms with E-state index in [-0.39, 0.29) is 6.42 Å². The summed E-state index contributed by atoms with van der Waals surface area (Å²) in [5.74, 6) is -3.75. The van der Waals surface area contributed by atoms with Gasteiger partial charge in [0.25, 0.3) is 0 Å². The molecular formula is C19H21ClN4O4. The zero-order valence-electron chi connectivity index (χ0n) is 15.7. The van der Waals surface area contributed by atoms with E-state index in [0.717, 1.165) is 0 Å². The van der Waals surface area contributed by atoms with Crippen molar-refractivity contribution in [3.63, 3.8) is 0 Å². The van der Waals surface area contributed by atoms with Crippen LogP contribution >= 0.6 is 11.6 Å². The van der Waals surface area contributed by atoms with Crippen LogP contribution in [-0.2, 0) is 24.7 Å². The summed E-state index contributed by atoms with van der Waals surface area (Å²) in [6, 6.07) is 4.17. The third-order valence-electron chi connectivity index (χ3n) is 5.77. The second-order valence-corrected chi connectivity index (χ2v) is 9.00. The lowest BCUT2D eigenvalue weighted by Gasteiger charge is -2.34. The van der Waals surface area contributed by atoms with Crippen molar-refractivity contribution in [1.82, 2.24) is 10.2 Å². The Morgan fingerprint density at radius 2 is 1.93 bits per heavy atom. The number of halogens is 1. The number of imide groups is 1. The molecular weight excluding hydrogens is 384 g/mol. The van der Waals surface area contributed by atoms with Crippen LogP contribution in [0.5, 0.6) is 0 Å². The maximum Gasteiger partial charge on any atom is 0.250 e. The molecule has 0 aliphatic carbocycles. The standard InChI is InChI=1S/C19H21ClN4O4/c1-18(2,3)24-15(26)13-11(7-12(21)25)23-19(14(13)16(24)27)9-6-8(20)4-5-10(9)22-17(19)28/h4-6,11,13-14,23H,7H2,1-3H3,(H2,21,25)(H,22,28). The van der Waals surface area contributed by atoms with Gasteiger partial charge in [-0.1, -0.05) is 11.6 Å². The van der Waals surface area contributed by atoms with Crippen LogP contribution in [0.1, 0.15) is 32.8 Å². The summed E-state index contributed by atoms with van der Waals surface area (Å²) in [4.78, 5) is 52.6. The van der Waals surface area contributed by atoms with Crippen LogP contribution in [0.15, 0.2) is 18.2 Å². The van der Waals surface area contributed by atoms with Crippen molar-refractivity contribution >= 4 is 40.9 Å². The van der Waals surface area contributed by atoms with Gasteiger partial charge in [-0.3, -0.25) is 29.4 Å². The van der Waals surface area contributed by atoms with Gasteiger partial charge in [0.1, 0.15) is 5.54 Å². The highest BCUT2D eigenvalue weighted by Crippen LogP contribution is 2.54. The summed E-state index contributed by atoms with van der Waals surface area (Å²) in [5.41, 5.74) is 4.18. The van der Waals surface area contributed by atoms with Crippen LogP contribution in [0.4, 0.5) is 5.69 Å². The Balaban J connectivity index is 1.92. The minimum atomic E-state index is -1.47. The highest BCUT2D eigenvalue weighted by Gasteiger charge is 2.71. The summed E-state index contributed by atoms with van der Waals surface area (Å²) >= 11 is 6.16. The number of primary amides is 1. The van der Waals surface area contributed by atoms with E-state index >= 15 is 0 Å². The second kappa shape index (κ2) is 5.78. The number of nitrogens with two attached hydrogens (primary N) is 1. The monoisotopic (exact) mass is 404 g/mol. The number of hydrogen-bond acceptors (Lipinski definition) is 5. The largest absolute Gasteiger partial charge is 0.370 e. The highest BCUT2D eigenvalue weighted by molar-refractivity contribution is 6.31. The number of carbonyl (C=O) groups excluding carboxylic acids is 4. The Kier molecular flexibility index (Phi) is 3.90. The number of nitrogens with one attached hydrogen (secondary N) is 2. The second-order valence-electron chi connectivity index (χ2n) is 8.56. The van der Waals surface area contributed by atoms with Gasteiger partial charge in [0.05, 0.1) is 11.8 Å². The molecule has 148 valence electrons. The maximum atomic E-state index is 13.4. The van der Waals surface area contributed by atoms with Gasteiger partial charge >= 0.3 is 0 Å². The Bertz CT molecular complexity index is 940. The van der Waals surface area contributed by atoms with E-state index in [1.54, 1.807) is 39.0 Å². The fraction of sp³-hybridized carbons (Fsp3) is 0.474. The van der Waals surface area contributed by atoms with E-state index < -0.39 is 52.6 Å². The van der Waals surface area contributed by atoms with E-state index in [9.17, 15) is 19.2 Å². The Hall–Kier alpha value is -2.45. The summed E-state index contributed by atoms with van der Waals surface area (Å²) in [7, 11) is 0. The molecule has 1 aromatic rings. The zero-order valence-corrected chi connectivity index (χ0v) is 16.5. The molecule has 1 spiro atoms. The minimum absolute atomic E-state index is 0.164. The van der Waals surface area contributed by atoms with Gasteiger partial charge in [-0.05, 0) is 39.0 Å². The molecule has 4 amide bonds. The third kappa shape index (κ3) is 2.34. The number of rotatable bonds is 2. The van der Waals surface area contributed by atoms with Crippen molar-refractivity contribution in [3.8, 4) is 0 Å². The highest BCUT2D eigenvalue weighted by atomic mass is 35.5. The van der Waals surface area contributed by atoms with Gasteiger partial charge < -0.3 is 11.1 Å². The zero-order chi connectivity index (χ0) is 20.6. The Morgan fingerprint density at radius 1 is 1.25 bits per heavy atom. The van der Waals surface area contributed by atoms with Gasteiger partial charge in [0.2, 0.25) is 23.6 Å². The van der Waals surface area contributed by atoms with Gasteiger partial charge in [0.15, 0.2) is 0 Å². The molecule has 4 atom stereocenters. The lowest BCUT2D eigenvalue weighted by Crippen LogP contribution is -2.56. The predicted octanol–water partition coefficient (Wildman–Crippen LogP) is 0.734. The number of carbonyl (C=O) groups is 4. The lowest BCUT2D eigenvalue weighted by atomic mass is 9.76. The molecule has 9 heteroatoms. The number of likely N-dealkylation sites (tertiary alicyclic amines) is 1. The quantitative estimate of drug-likeness (QED) is 0.627. The van der Waals surface area contributed by atoms with Crippen molar-refractivity contribution < 1.29 is 19.2 Å². The SMILES string of the molecule is CC(C)(C)N1C(=O)C2C(CC(N)=O)NC3(C(=O)Nc4ccc(Cl)cc43)C2C1=O. The smallest absolute Gasteiger partial charge is 0.250 e. The molecule has 0 aromatic heterocycles. The van der Waals surface area contributed by atoms with Crippen molar-refractivity contribution in [3.05, 3.63) is 28.8 Å². The molecule has 4 unspecified atom stereocenters. The van der Waals surface area contributed by atoms with Gasteiger partial charge in [-0.2, -0.15) is 0 Å². The fourth-order valence-corrected chi connectivity index (χ4v) is 5.00. The summed E-state index contributed by atoms with van der Waals surface area (Å²) < 4.78 is 0. The van der Waals surface area contributed by atoms with E-state index in [1.807, 2.05) is 0 Å². The molecule has 1 aromatic carbocycles. The average molecular weight is 405 g/mol. The molecule has 3 aliphatic rings. The molecule has 28 heavy (non-hydrogen) atoms. The van der Waals surface area contributed by atoms with Crippen LogP contribution in [0, 0.1) is 11.8 Å². The van der Waals surface area contributed by atoms with Crippen LogP contribution in [0.25, 0.3) is 0 Å². The molecule has 2 fully saturated rings. The molecule has 3 aliphatic heterocycles. The van der Waals surface area contributed by atoms with Gasteiger partial charge in [-0.15, -0.1) is 0 Å². The Morgan fingerprint density at radius 3 is 2.54 bits per heavy atom. The predicted molar refractivity (Wildman–Crippen MR) is 101 cm³/mol. The number of fused-ring (bicyclic) bond motifs is 4. The number of anilines is 1. The van der Waals surface area contributed by atoms with E-state index in [4.69, 9.17) is 17.3 Å². The molecule has 0 saturated carbocycles. The first-order valence-corrected chi connectivity index (χ1v) is 9.41. The lowest BCUT2D eigenvalue weighted by molar-refractivity contribution is -0.147. The normalized spacial score (nSPS) is 31.4. The van der Waals surface area contributed by atoms with Crippen molar-refractivity contribution in [2.24, 2.45) is 17.6 Å². The van der Waals surface area contributed by atoms with Crippen molar-refractivity contribution in [1.29, 1.82) is 0 Å². The number of amides is 4. The van der Waals surface area contributed by atoms with Gasteiger partial charge in [0, 0.05) is 34.3 Å². The van der Waals surface area contributed by atoms with Crippen molar-refractivity contribution in [2.45, 2.75) is 44.3 Å². The van der Waals surface area contributed by atoms with Gasteiger partial charge in [-0.25, -0.2) is 0 Å². The number of nitrogens with zero attached hydrogens (tertiary/aromatic N) is 1. The Labute approximate surface area is 166 Å². The fourth-order valence-electron chi connectivity index (χ4n) is 4.83. The van der Waals surface area contributed by atoms with E-state index in [2.05, 4.69) is 10.6 Å². The molecule has 8 nitrogen and oxygen atoms in total. The summed E-state index contributed by atoms with van der Waals surface area (Å²) in [6.07, 6.45) is -0.164. The topological polar surface area (TPSA) is 122 Å². The number of benzene rings is 1. The molecule has 0 bridgehead atoms. The molecule has 2 saturated heterocycles. The molecule has 0 radical (unpaired) electrons. The van der Waals surface area contributed by atoms with Crippen LogP contribution in [-0.4, -0.2) is 40.1 Å². The molecule has 3 heterocycles.